The van der Waals surface area contributed by atoms with Crippen molar-refractivity contribution < 1.29 is 8.42 Å². The van der Waals surface area contributed by atoms with Crippen LogP contribution in [0.4, 0.5) is 0 Å². The third kappa shape index (κ3) is 4.08. The molecule has 0 saturated heterocycles. The van der Waals surface area contributed by atoms with Gasteiger partial charge in [-0.1, -0.05) is 32.9 Å². The maximum absolute atomic E-state index is 12.1. The highest BCUT2D eigenvalue weighted by atomic mass is 32.2. The van der Waals surface area contributed by atoms with Crippen LogP contribution < -0.4 is 10.5 Å². The van der Waals surface area contributed by atoms with Crippen molar-refractivity contribution in [3.05, 3.63) is 29.8 Å². The van der Waals surface area contributed by atoms with E-state index in [1.54, 1.807) is 18.2 Å². The fourth-order valence-corrected chi connectivity index (χ4v) is 2.61. The molecule has 0 aromatic heterocycles. The highest BCUT2D eigenvalue weighted by Crippen LogP contribution is 2.13. The molecule has 0 spiro atoms. The lowest BCUT2D eigenvalue weighted by atomic mass is 9.99. The number of nitrogens with two attached hydrogens (primary N) is 1. The topological polar surface area (TPSA) is 72.2 Å². The Morgan fingerprint density at radius 2 is 1.94 bits per heavy atom. The second kappa shape index (κ2) is 6.31. The summed E-state index contributed by atoms with van der Waals surface area (Å²) in [5, 5.41) is 0. The molecular formula is C13H22N2O2S. The quantitative estimate of drug-likeness (QED) is 0.826. The van der Waals surface area contributed by atoms with E-state index in [1.807, 2.05) is 13.0 Å². The maximum Gasteiger partial charge on any atom is 0.240 e. The molecule has 5 heteroatoms. The minimum Gasteiger partial charge on any atom is -0.326 e. The first-order chi connectivity index (χ1) is 8.36. The third-order valence-corrected chi connectivity index (χ3v) is 4.60. The van der Waals surface area contributed by atoms with Crippen LogP contribution in [0.3, 0.4) is 0 Å². The van der Waals surface area contributed by atoms with Gasteiger partial charge in [0.15, 0.2) is 0 Å². The van der Waals surface area contributed by atoms with Crippen LogP contribution in [0.2, 0.25) is 0 Å². The number of rotatable bonds is 6. The number of sulfonamides is 1. The fourth-order valence-electron chi connectivity index (χ4n) is 1.40. The summed E-state index contributed by atoms with van der Waals surface area (Å²) in [6.07, 6.45) is 0. The van der Waals surface area contributed by atoms with Crippen LogP contribution in [-0.2, 0) is 16.6 Å². The highest BCUT2D eigenvalue weighted by molar-refractivity contribution is 7.89. The summed E-state index contributed by atoms with van der Waals surface area (Å²) >= 11 is 0. The highest BCUT2D eigenvalue weighted by Gasteiger charge is 2.16. The van der Waals surface area contributed by atoms with Crippen molar-refractivity contribution in [3.63, 3.8) is 0 Å². The predicted molar refractivity (Wildman–Crippen MR) is 73.5 cm³/mol. The molecule has 1 aromatic carbocycles. The number of hydrogen-bond acceptors (Lipinski definition) is 3. The molecule has 0 amide bonds. The first kappa shape index (κ1) is 15.1. The van der Waals surface area contributed by atoms with Gasteiger partial charge in [0.25, 0.3) is 0 Å². The minimum absolute atomic E-state index is 0.279. The van der Waals surface area contributed by atoms with Gasteiger partial charge in [-0.25, -0.2) is 13.1 Å². The molecule has 4 nitrogen and oxygen atoms in total. The van der Waals surface area contributed by atoms with E-state index >= 15 is 0 Å². The maximum atomic E-state index is 12.1. The average molecular weight is 270 g/mol. The molecule has 0 fully saturated rings. The zero-order valence-electron chi connectivity index (χ0n) is 11.2. The van der Waals surface area contributed by atoms with E-state index in [2.05, 4.69) is 18.6 Å². The zero-order valence-corrected chi connectivity index (χ0v) is 12.0. The molecule has 18 heavy (non-hydrogen) atoms. The fraction of sp³-hybridized carbons (Fsp3) is 0.538. The summed E-state index contributed by atoms with van der Waals surface area (Å²) in [5.41, 5.74) is 6.32. The van der Waals surface area contributed by atoms with Gasteiger partial charge in [0, 0.05) is 13.1 Å². The van der Waals surface area contributed by atoms with Gasteiger partial charge in [-0.05, 0) is 29.5 Å². The van der Waals surface area contributed by atoms with E-state index in [9.17, 15) is 8.42 Å². The second-order valence-corrected chi connectivity index (χ2v) is 6.69. The van der Waals surface area contributed by atoms with Gasteiger partial charge in [-0.3, -0.25) is 0 Å². The van der Waals surface area contributed by atoms with Crippen molar-refractivity contribution in [1.29, 1.82) is 0 Å². The largest absolute Gasteiger partial charge is 0.326 e. The lowest BCUT2D eigenvalue weighted by Gasteiger charge is -2.16. The number of nitrogens with one attached hydrogen (secondary N) is 1. The summed E-state index contributed by atoms with van der Waals surface area (Å²) in [6, 6.07) is 6.72. The second-order valence-electron chi connectivity index (χ2n) is 4.92. The Balaban J connectivity index is 2.80. The van der Waals surface area contributed by atoms with E-state index in [0.717, 1.165) is 5.56 Å². The molecule has 102 valence electrons. The Bertz CT molecular complexity index is 484. The Kier molecular flexibility index (Phi) is 5.31. The summed E-state index contributed by atoms with van der Waals surface area (Å²) in [4.78, 5) is 0.279. The molecule has 0 aliphatic carbocycles. The summed E-state index contributed by atoms with van der Waals surface area (Å²) in [5.74, 6) is 0.751. The normalized spacial score (nSPS) is 13.8. The minimum atomic E-state index is -3.43. The average Bonchev–Trinajstić information content (AvgIpc) is 2.36. The van der Waals surface area contributed by atoms with Crippen LogP contribution in [0, 0.1) is 11.8 Å². The van der Waals surface area contributed by atoms with E-state index < -0.39 is 10.0 Å². The first-order valence-electron chi connectivity index (χ1n) is 6.15. The lowest BCUT2D eigenvalue weighted by Crippen LogP contribution is -2.30. The number of benzene rings is 1. The van der Waals surface area contributed by atoms with Crippen LogP contribution in [-0.4, -0.2) is 15.0 Å². The molecular weight excluding hydrogens is 248 g/mol. The standard InChI is InChI=1S/C13H22N2O2S/c1-10(2)11(3)9-15-18(16,17)13-6-4-5-12(7-13)8-14/h4-7,10-11,15H,8-9,14H2,1-3H3. The Labute approximate surface area is 110 Å². The molecule has 0 radical (unpaired) electrons. The summed E-state index contributed by atoms with van der Waals surface area (Å²) in [6.45, 7) is 6.98. The molecule has 1 unspecified atom stereocenters. The van der Waals surface area contributed by atoms with Gasteiger partial charge < -0.3 is 5.73 Å². The Morgan fingerprint density at radius 3 is 2.50 bits per heavy atom. The van der Waals surface area contributed by atoms with Crippen LogP contribution in [0.25, 0.3) is 0 Å². The first-order valence-corrected chi connectivity index (χ1v) is 7.64. The van der Waals surface area contributed by atoms with Gasteiger partial charge in [-0.15, -0.1) is 0 Å². The smallest absolute Gasteiger partial charge is 0.240 e. The molecule has 3 N–H and O–H groups in total. The third-order valence-electron chi connectivity index (χ3n) is 3.18. The Morgan fingerprint density at radius 1 is 1.28 bits per heavy atom. The molecule has 0 aliphatic heterocycles. The van der Waals surface area contributed by atoms with Crippen molar-refractivity contribution in [1.82, 2.24) is 4.72 Å². The van der Waals surface area contributed by atoms with Gasteiger partial charge in [0.2, 0.25) is 10.0 Å². The zero-order chi connectivity index (χ0) is 13.8. The molecule has 1 aromatic rings. The summed E-state index contributed by atoms with van der Waals surface area (Å²) < 4.78 is 26.8. The van der Waals surface area contributed by atoms with Crippen molar-refractivity contribution >= 4 is 10.0 Å². The molecule has 1 rings (SSSR count). The van der Waals surface area contributed by atoms with E-state index in [4.69, 9.17) is 5.73 Å². The lowest BCUT2D eigenvalue weighted by molar-refractivity contribution is 0.414. The molecule has 1 atom stereocenters. The molecule has 0 saturated carbocycles. The van der Waals surface area contributed by atoms with Gasteiger partial charge in [-0.2, -0.15) is 0 Å². The molecule has 0 aliphatic rings. The predicted octanol–water partition coefficient (Wildman–Crippen LogP) is 1.72. The SMILES string of the molecule is CC(C)C(C)CNS(=O)(=O)c1cccc(CN)c1. The van der Waals surface area contributed by atoms with Crippen molar-refractivity contribution in [2.24, 2.45) is 17.6 Å². The van der Waals surface area contributed by atoms with Crippen LogP contribution in [0.15, 0.2) is 29.2 Å². The van der Waals surface area contributed by atoms with Crippen molar-refractivity contribution in [3.8, 4) is 0 Å². The van der Waals surface area contributed by atoms with Crippen LogP contribution in [0.5, 0.6) is 0 Å². The van der Waals surface area contributed by atoms with Gasteiger partial charge in [0.1, 0.15) is 0 Å². The monoisotopic (exact) mass is 270 g/mol. The van der Waals surface area contributed by atoms with Gasteiger partial charge in [0.05, 0.1) is 4.90 Å². The Hall–Kier alpha value is -0.910. The van der Waals surface area contributed by atoms with E-state index in [-0.39, 0.29) is 4.90 Å². The number of hydrogen-bond donors (Lipinski definition) is 2. The molecule has 0 bridgehead atoms. The van der Waals surface area contributed by atoms with E-state index in [0.29, 0.717) is 24.9 Å². The summed E-state index contributed by atoms with van der Waals surface area (Å²) in [7, 11) is -3.43. The molecule has 0 heterocycles. The van der Waals surface area contributed by atoms with Crippen molar-refractivity contribution in [2.45, 2.75) is 32.2 Å². The van der Waals surface area contributed by atoms with E-state index in [1.165, 1.54) is 0 Å². The van der Waals surface area contributed by atoms with Gasteiger partial charge >= 0.3 is 0 Å². The van der Waals surface area contributed by atoms with Crippen LogP contribution in [0.1, 0.15) is 26.3 Å². The van der Waals surface area contributed by atoms with Crippen molar-refractivity contribution in [2.75, 3.05) is 6.54 Å². The van der Waals surface area contributed by atoms with Crippen LogP contribution >= 0.6 is 0 Å².